The van der Waals surface area contributed by atoms with E-state index in [1.165, 1.54) is 5.56 Å². The van der Waals surface area contributed by atoms with E-state index in [0.717, 1.165) is 18.0 Å². The number of thioether (sulfide) groups is 1. The van der Waals surface area contributed by atoms with Crippen molar-refractivity contribution in [3.8, 4) is 0 Å². The number of benzene rings is 1. The van der Waals surface area contributed by atoms with Crippen molar-refractivity contribution in [3.05, 3.63) is 58.7 Å². The number of rotatable bonds is 5. The van der Waals surface area contributed by atoms with Gasteiger partial charge in [-0.2, -0.15) is 13.2 Å². The zero-order chi connectivity index (χ0) is 20.1. The van der Waals surface area contributed by atoms with Crippen LogP contribution >= 0.6 is 23.4 Å². The molecule has 0 saturated carbocycles. The molecule has 1 saturated heterocycles. The van der Waals surface area contributed by atoms with Gasteiger partial charge < -0.3 is 9.80 Å². The van der Waals surface area contributed by atoms with Crippen LogP contribution in [0, 0.1) is 0 Å². The van der Waals surface area contributed by atoms with Gasteiger partial charge in [-0.15, -0.1) is 11.8 Å². The molecule has 4 nitrogen and oxygen atoms in total. The third kappa shape index (κ3) is 5.32. The van der Waals surface area contributed by atoms with Crippen molar-refractivity contribution in [2.24, 2.45) is 0 Å². The van der Waals surface area contributed by atoms with E-state index in [4.69, 9.17) is 11.6 Å². The Morgan fingerprint density at radius 1 is 1.14 bits per heavy atom. The van der Waals surface area contributed by atoms with Gasteiger partial charge >= 0.3 is 6.18 Å². The van der Waals surface area contributed by atoms with Crippen molar-refractivity contribution in [3.63, 3.8) is 0 Å². The minimum absolute atomic E-state index is 0.0342. The van der Waals surface area contributed by atoms with Gasteiger partial charge in [-0.05, 0) is 11.6 Å². The van der Waals surface area contributed by atoms with Crippen LogP contribution in [0.1, 0.15) is 11.1 Å². The fourth-order valence-electron chi connectivity index (χ4n) is 2.91. The second kappa shape index (κ2) is 9.05. The quantitative estimate of drug-likeness (QED) is 0.708. The highest BCUT2D eigenvalue weighted by molar-refractivity contribution is 7.99. The van der Waals surface area contributed by atoms with E-state index in [2.05, 4.69) is 4.98 Å². The molecule has 0 spiro atoms. The van der Waals surface area contributed by atoms with Gasteiger partial charge in [0.2, 0.25) is 5.91 Å². The number of aromatic nitrogens is 1. The molecule has 1 aromatic carbocycles. The van der Waals surface area contributed by atoms with Gasteiger partial charge in [0.15, 0.2) is 0 Å². The molecule has 150 valence electrons. The van der Waals surface area contributed by atoms with Crippen LogP contribution in [0.2, 0.25) is 5.02 Å². The smallest absolute Gasteiger partial charge is 0.352 e. The summed E-state index contributed by atoms with van der Waals surface area (Å²) in [5.74, 6) is 1.55. The van der Waals surface area contributed by atoms with Crippen LogP contribution in [0.3, 0.4) is 0 Å². The highest BCUT2D eigenvalue weighted by Gasteiger charge is 2.32. The monoisotopic (exact) mass is 429 g/mol. The van der Waals surface area contributed by atoms with Crippen molar-refractivity contribution in [2.45, 2.75) is 11.9 Å². The van der Waals surface area contributed by atoms with E-state index in [1.54, 1.807) is 16.7 Å². The molecule has 0 unspecified atom stereocenters. The molecule has 1 amide bonds. The second-order valence-electron chi connectivity index (χ2n) is 6.37. The number of halogens is 4. The summed E-state index contributed by atoms with van der Waals surface area (Å²) in [5, 5.41) is -0.0342. The Morgan fingerprint density at radius 2 is 1.82 bits per heavy atom. The van der Waals surface area contributed by atoms with Crippen LogP contribution < -0.4 is 4.90 Å². The molecule has 2 heterocycles. The first-order chi connectivity index (χ1) is 13.3. The maximum Gasteiger partial charge on any atom is 0.417 e. The van der Waals surface area contributed by atoms with Gasteiger partial charge in [-0.25, -0.2) is 4.98 Å². The van der Waals surface area contributed by atoms with Crippen LogP contribution in [0.25, 0.3) is 0 Å². The summed E-state index contributed by atoms with van der Waals surface area (Å²) in [4.78, 5) is 19.8. The summed E-state index contributed by atoms with van der Waals surface area (Å²) in [6.45, 7) is 1.94. The lowest BCUT2D eigenvalue weighted by molar-refractivity contribution is -0.137. The van der Waals surface area contributed by atoms with Gasteiger partial charge in [0.25, 0.3) is 0 Å². The van der Waals surface area contributed by atoms with Crippen LogP contribution in [0.4, 0.5) is 19.0 Å². The van der Waals surface area contributed by atoms with Crippen molar-refractivity contribution in [1.82, 2.24) is 9.88 Å². The third-order valence-electron chi connectivity index (χ3n) is 4.42. The van der Waals surface area contributed by atoms with E-state index in [9.17, 15) is 18.0 Å². The zero-order valence-corrected chi connectivity index (χ0v) is 16.5. The number of carbonyl (C=O) groups is 1. The summed E-state index contributed by atoms with van der Waals surface area (Å²) in [6.07, 6.45) is -3.68. The van der Waals surface area contributed by atoms with Crippen molar-refractivity contribution >= 4 is 35.1 Å². The Morgan fingerprint density at radius 3 is 2.43 bits per heavy atom. The Labute approximate surface area is 170 Å². The van der Waals surface area contributed by atoms with Crippen molar-refractivity contribution in [1.29, 1.82) is 0 Å². The lowest BCUT2D eigenvalue weighted by atomic mass is 10.2. The number of hydrogen-bond donors (Lipinski definition) is 0. The predicted molar refractivity (Wildman–Crippen MR) is 106 cm³/mol. The van der Waals surface area contributed by atoms with E-state index in [0.29, 0.717) is 37.7 Å². The molecule has 3 rings (SSSR count). The fourth-order valence-corrected chi connectivity index (χ4v) is 4.08. The zero-order valence-electron chi connectivity index (χ0n) is 15.0. The molecule has 1 aliphatic heterocycles. The standard InChI is InChI=1S/C19H19ClF3N3OS/c20-16-10-15(19(21,22)23)11-24-18(16)26-8-6-25(7-9-26)17(27)13-28-12-14-4-2-1-3-5-14/h1-5,10-11H,6-9,12-13H2. The Kier molecular flexibility index (Phi) is 6.72. The molecule has 1 aliphatic rings. The van der Waals surface area contributed by atoms with Gasteiger partial charge in [-0.1, -0.05) is 41.9 Å². The highest BCUT2D eigenvalue weighted by Crippen LogP contribution is 2.33. The first-order valence-corrected chi connectivity index (χ1v) is 10.2. The first kappa shape index (κ1) is 20.8. The van der Waals surface area contributed by atoms with Crippen LogP contribution in [0.5, 0.6) is 0 Å². The Bertz CT molecular complexity index is 812. The van der Waals surface area contributed by atoms with E-state index < -0.39 is 11.7 Å². The molecule has 0 N–H and O–H groups in total. The lowest BCUT2D eigenvalue weighted by Crippen LogP contribution is -2.49. The minimum atomic E-state index is -4.47. The molecular formula is C19H19ClF3N3OS. The number of alkyl halides is 3. The molecule has 1 fully saturated rings. The number of piperazine rings is 1. The van der Waals surface area contributed by atoms with Crippen molar-refractivity contribution in [2.75, 3.05) is 36.8 Å². The molecular weight excluding hydrogens is 411 g/mol. The average molecular weight is 430 g/mol. The number of pyridine rings is 1. The largest absolute Gasteiger partial charge is 0.417 e. The highest BCUT2D eigenvalue weighted by atomic mass is 35.5. The van der Waals surface area contributed by atoms with Gasteiger partial charge in [0.05, 0.1) is 16.3 Å². The maximum absolute atomic E-state index is 12.7. The summed E-state index contributed by atoms with van der Waals surface area (Å²) in [6, 6.07) is 10.8. The molecule has 0 radical (unpaired) electrons. The summed E-state index contributed by atoms with van der Waals surface area (Å²) >= 11 is 7.57. The maximum atomic E-state index is 12.7. The number of carbonyl (C=O) groups excluding carboxylic acids is 1. The van der Waals surface area contributed by atoms with Gasteiger partial charge in [0.1, 0.15) is 5.82 Å². The molecule has 28 heavy (non-hydrogen) atoms. The SMILES string of the molecule is O=C(CSCc1ccccc1)N1CCN(c2ncc(C(F)(F)F)cc2Cl)CC1. The molecule has 0 aliphatic carbocycles. The summed E-state index contributed by atoms with van der Waals surface area (Å²) in [7, 11) is 0. The van der Waals surface area contributed by atoms with E-state index >= 15 is 0 Å². The Balaban J connectivity index is 1.49. The van der Waals surface area contributed by atoms with Crippen LogP contribution in [0.15, 0.2) is 42.6 Å². The second-order valence-corrected chi connectivity index (χ2v) is 7.77. The van der Waals surface area contributed by atoms with E-state index in [-0.39, 0.29) is 10.9 Å². The third-order valence-corrected chi connectivity index (χ3v) is 5.68. The fraction of sp³-hybridized carbons (Fsp3) is 0.368. The van der Waals surface area contributed by atoms with Crippen molar-refractivity contribution < 1.29 is 18.0 Å². The summed E-state index contributed by atoms with van der Waals surface area (Å²) < 4.78 is 38.2. The topological polar surface area (TPSA) is 36.4 Å². The van der Waals surface area contributed by atoms with Crippen LogP contribution in [-0.2, 0) is 16.7 Å². The molecule has 0 bridgehead atoms. The first-order valence-electron chi connectivity index (χ1n) is 8.72. The number of hydrogen-bond acceptors (Lipinski definition) is 4. The molecule has 0 atom stereocenters. The average Bonchev–Trinajstić information content (AvgIpc) is 2.68. The van der Waals surface area contributed by atoms with E-state index in [1.807, 2.05) is 35.2 Å². The predicted octanol–water partition coefficient (Wildman–Crippen LogP) is 4.34. The minimum Gasteiger partial charge on any atom is -0.352 e. The Hall–Kier alpha value is -1.93. The van der Waals surface area contributed by atoms with Crippen LogP contribution in [-0.4, -0.2) is 47.7 Å². The number of anilines is 1. The van der Waals surface area contributed by atoms with Gasteiger partial charge in [0, 0.05) is 38.1 Å². The summed E-state index contributed by atoms with van der Waals surface area (Å²) in [5.41, 5.74) is 0.304. The molecule has 2 aromatic rings. The molecule has 1 aromatic heterocycles. The lowest BCUT2D eigenvalue weighted by Gasteiger charge is -2.35. The number of amides is 1. The van der Waals surface area contributed by atoms with Gasteiger partial charge in [-0.3, -0.25) is 4.79 Å². The molecule has 9 heteroatoms. The normalized spacial score (nSPS) is 15.0. The number of nitrogens with zero attached hydrogens (tertiary/aromatic N) is 3.